The van der Waals surface area contributed by atoms with Crippen LogP contribution in [0.15, 0.2) is 60.8 Å². The van der Waals surface area contributed by atoms with Gasteiger partial charge in [-0.25, -0.2) is 13.5 Å². The first kappa shape index (κ1) is 25.5. The lowest BCUT2D eigenvalue weighted by atomic mass is 9.98. The summed E-state index contributed by atoms with van der Waals surface area (Å²) in [5.74, 6) is -1.67. The van der Waals surface area contributed by atoms with Crippen molar-refractivity contribution >= 4 is 28.8 Å². The van der Waals surface area contributed by atoms with Gasteiger partial charge in [-0.1, -0.05) is 42.6 Å². The second kappa shape index (κ2) is 11.0. The van der Waals surface area contributed by atoms with E-state index < -0.39 is 11.6 Å². The van der Waals surface area contributed by atoms with Gasteiger partial charge in [0.15, 0.2) is 5.78 Å². The first-order valence-electron chi connectivity index (χ1n) is 11.6. The highest BCUT2D eigenvalue weighted by atomic mass is 35.5. The Labute approximate surface area is 213 Å². The molecular formula is C27H26ClF2N5O. The Bertz CT molecular complexity index is 1400. The Morgan fingerprint density at radius 2 is 1.92 bits per heavy atom. The number of ketones is 1. The van der Waals surface area contributed by atoms with Gasteiger partial charge in [0.2, 0.25) is 0 Å². The van der Waals surface area contributed by atoms with Gasteiger partial charge in [-0.2, -0.15) is 0 Å². The molecule has 4 rings (SSSR count). The number of rotatable bonds is 9. The van der Waals surface area contributed by atoms with Crippen molar-refractivity contribution in [2.24, 2.45) is 5.73 Å². The molecule has 0 bridgehead atoms. The van der Waals surface area contributed by atoms with E-state index in [1.807, 2.05) is 19.1 Å². The molecule has 0 fully saturated rings. The first-order valence-corrected chi connectivity index (χ1v) is 12.0. The van der Waals surface area contributed by atoms with Gasteiger partial charge in [-0.3, -0.25) is 4.79 Å². The van der Waals surface area contributed by atoms with Gasteiger partial charge in [0, 0.05) is 22.9 Å². The molecule has 4 aromatic rings. The number of nitrogens with one attached hydrogen (secondary N) is 1. The number of aryl methyl sites for hydroxylation is 1. The van der Waals surface area contributed by atoms with Gasteiger partial charge in [0.1, 0.15) is 11.6 Å². The second-order valence-corrected chi connectivity index (χ2v) is 9.02. The summed E-state index contributed by atoms with van der Waals surface area (Å²) in [4.78, 5) is 13.4. The lowest BCUT2D eigenvalue weighted by molar-refractivity contribution is 0.103. The monoisotopic (exact) mass is 509 g/mol. The number of nitrogens with zero attached hydrogens (tertiary/aromatic N) is 3. The maximum Gasteiger partial charge on any atom is 0.194 e. The molecule has 0 saturated heterocycles. The fourth-order valence-corrected chi connectivity index (χ4v) is 4.08. The SMILES string of the molecule is CCCCC(N)c1cn(-c2ccc(C)c(C(=O)c3ccc(Nc4ccc(F)cc4F)cc3Cl)c2)nn1. The van der Waals surface area contributed by atoms with E-state index in [2.05, 4.69) is 22.6 Å². The molecule has 0 aliphatic heterocycles. The Hall–Kier alpha value is -3.62. The molecule has 36 heavy (non-hydrogen) atoms. The highest BCUT2D eigenvalue weighted by Gasteiger charge is 2.18. The number of anilines is 2. The highest BCUT2D eigenvalue weighted by Crippen LogP contribution is 2.28. The molecule has 6 nitrogen and oxygen atoms in total. The van der Waals surface area contributed by atoms with Crippen molar-refractivity contribution in [3.05, 3.63) is 99.8 Å². The summed E-state index contributed by atoms with van der Waals surface area (Å²) < 4.78 is 28.7. The van der Waals surface area contributed by atoms with E-state index >= 15 is 0 Å². The third kappa shape index (κ3) is 5.61. The van der Waals surface area contributed by atoms with Crippen LogP contribution in [-0.2, 0) is 0 Å². The molecule has 3 N–H and O–H groups in total. The smallest absolute Gasteiger partial charge is 0.194 e. The number of aromatic nitrogens is 3. The van der Waals surface area contributed by atoms with Gasteiger partial charge in [-0.15, -0.1) is 5.10 Å². The van der Waals surface area contributed by atoms with Crippen LogP contribution < -0.4 is 11.1 Å². The maximum absolute atomic E-state index is 14.0. The summed E-state index contributed by atoms with van der Waals surface area (Å²) in [5.41, 5.74) is 9.67. The minimum absolute atomic E-state index is 0.0942. The molecule has 0 aliphatic rings. The van der Waals surface area contributed by atoms with Crippen LogP contribution in [0.25, 0.3) is 5.69 Å². The highest BCUT2D eigenvalue weighted by molar-refractivity contribution is 6.35. The van der Waals surface area contributed by atoms with Crippen LogP contribution in [-0.4, -0.2) is 20.8 Å². The third-order valence-electron chi connectivity index (χ3n) is 5.91. The first-order chi connectivity index (χ1) is 17.3. The van der Waals surface area contributed by atoms with Gasteiger partial charge < -0.3 is 11.1 Å². The lowest BCUT2D eigenvalue weighted by Gasteiger charge is -2.12. The standard InChI is InChI=1S/C27H26ClF2N5O/c1-3-4-5-24(31)26-15-35(34-33-26)19-9-6-16(2)21(14-19)27(36)20-10-8-18(13-22(20)28)32-25-11-7-17(29)12-23(25)30/h6-15,24,32H,3-5,31H2,1-2H3. The molecule has 1 atom stereocenters. The quantitative estimate of drug-likeness (QED) is 0.246. The van der Waals surface area contributed by atoms with Crippen molar-refractivity contribution in [3.8, 4) is 5.69 Å². The van der Waals surface area contributed by atoms with Gasteiger partial charge in [0.05, 0.1) is 34.3 Å². The molecule has 186 valence electrons. The average molecular weight is 510 g/mol. The minimum Gasteiger partial charge on any atom is -0.353 e. The number of carbonyl (C=O) groups is 1. The molecule has 3 aromatic carbocycles. The van der Waals surface area contributed by atoms with Crippen molar-refractivity contribution in [2.45, 2.75) is 39.2 Å². The van der Waals surface area contributed by atoms with Crippen LogP contribution in [0.4, 0.5) is 20.2 Å². The van der Waals surface area contributed by atoms with Crippen LogP contribution in [0.2, 0.25) is 5.02 Å². The van der Waals surface area contributed by atoms with Gasteiger partial charge in [0.25, 0.3) is 0 Å². The molecular weight excluding hydrogens is 484 g/mol. The fraction of sp³-hybridized carbons (Fsp3) is 0.222. The molecule has 1 heterocycles. The topological polar surface area (TPSA) is 85.8 Å². The fourth-order valence-electron chi connectivity index (χ4n) is 3.81. The third-order valence-corrected chi connectivity index (χ3v) is 6.23. The van der Waals surface area contributed by atoms with Crippen LogP contribution in [0, 0.1) is 18.6 Å². The normalized spacial score (nSPS) is 11.9. The van der Waals surface area contributed by atoms with Crippen LogP contribution in [0.3, 0.4) is 0 Å². The van der Waals surface area contributed by atoms with Crippen molar-refractivity contribution in [1.29, 1.82) is 0 Å². The Kier molecular flexibility index (Phi) is 7.76. The number of hydrogen-bond donors (Lipinski definition) is 2. The van der Waals surface area contributed by atoms with Crippen molar-refractivity contribution < 1.29 is 13.6 Å². The van der Waals surface area contributed by atoms with E-state index in [0.29, 0.717) is 28.2 Å². The Balaban J connectivity index is 1.57. The van der Waals surface area contributed by atoms with Crippen LogP contribution in [0.1, 0.15) is 59.4 Å². The summed E-state index contributed by atoms with van der Waals surface area (Å²) >= 11 is 6.44. The molecule has 0 amide bonds. The van der Waals surface area contributed by atoms with Gasteiger partial charge in [-0.05, 0) is 61.4 Å². The van der Waals surface area contributed by atoms with Crippen molar-refractivity contribution in [3.63, 3.8) is 0 Å². The molecule has 1 aromatic heterocycles. The lowest BCUT2D eigenvalue weighted by Crippen LogP contribution is -2.10. The van der Waals surface area contributed by atoms with Crippen LogP contribution in [0.5, 0.6) is 0 Å². The van der Waals surface area contributed by atoms with Crippen molar-refractivity contribution in [1.82, 2.24) is 15.0 Å². The zero-order chi connectivity index (χ0) is 25.8. The molecule has 0 aliphatic carbocycles. The number of benzene rings is 3. The summed E-state index contributed by atoms with van der Waals surface area (Å²) in [6, 6.07) is 13.2. The van der Waals surface area contributed by atoms with E-state index in [1.54, 1.807) is 29.1 Å². The van der Waals surface area contributed by atoms with E-state index in [1.165, 1.54) is 12.1 Å². The summed E-state index contributed by atoms with van der Waals surface area (Å²) in [6.45, 7) is 3.95. The number of carbonyl (C=O) groups excluding carboxylic acids is 1. The Morgan fingerprint density at radius 3 is 2.64 bits per heavy atom. The predicted molar refractivity (Wildman–Crippen MR) is 137 cm³/mol. The second-order valence-electron chi connectivity index (χ2n) is 8.61. The zero-order valence-electron chi connectivity index (χ0n) is 19.9. The predicted octanol–water partition coefficient (Wildman–Crippen LogP) is 6.67. The van der Waals surface area contributed by atoms with Gasteiger partial charge >= 0.3 is 0 Å². The van der Waals surface area contributed by atoms with E-state index in [0.717, 1.165) is 37.0 Å². The minimum atomic E-state index is -0.735. The van der Waals surface area contributed by atoms with E-state index in [4.69, 9.17) is 17.3 Å². The molecule has 9 heteroatoms. The zero-order valence-corrected chi connectivity index (χ0v) is 20.7. The summed E-state index contributed by atoms with van der Waals surface area (Å²) in [6.07, 6.45) is 4.66. The number of nitrogens with two attached hydrogens (primary N) is 1. The molecule has 0 radical (unpaired) electrons. The van der Waals surface area contributed by atoms with Crippen molar-refractivity contribution in [2.75, 3.05) is 5.32 Å². The number of hydrogen-bond acceptors (Lipinski definition) is 5. The van der Waals surface area contributed by atoms with E-state index in [9.17, 15) is 13.6 Å². The molecule has 0 saturated carbocycles. The molecule has 1 unspecified atom stereocenters. The average Bonchev–Trinajstić information content (AvgIpc) is 3.35. The number of halogens is 3. The largest absolute Gasteiger partial charge is 0.353 e. The number of unbranched alkanes of at least 4 members (excludes halogenated alkanes) is 1. The summed E-state index contributed by atoms with van der Waals surface area (Å²) in [5, 5.41) is 11.4. The van der Waals surface area contributed by atoms with Crippen LogP contribution >= 0.6 is 11.6 Å². The Morgan fingerprint density at radius 1 is 1.11 bits per heavy atom. The van der Waals surface area contributed by atoms with E-state index in [-0.39, 0.29) is 22.5 Å². The molecule has 0 spiro atoms. The maximum atomic E-state index is 14.0. The summed E-state index contributed by atoms with van der Waals surface area (Å²) in [7, 11) is 0.